The molecule has 0 aliphatic carbocycles. The monoisotopic (exact) mass is 445 g/mol. The molecule has 1 saturated heterocycles. The second-order valence-corrected chi connectivity index (χ2v) is 8.96. The molecule has 1 unspecified atom stereocenters. The maximum absolute atomic E-state index is 13.5. The second-order valence-electron chi connectivity index (χ2n) is 8.02. The van der Waals surface area contributed by atoms with Gasteiger partial charge in [-0.25, -0.2) is 9.50 Å². The Balaban J connectivity index is 1.43. The van der Waals surface area contributed by atoms with Crippen molar-refractivity contribution in [2.75, 3.05) is 13.1 Å². The van der Waals surface area contributed by atoms with Crippen molar-refractivity contribution in [3.05, 3.63) is 76.6 Å². The zero-order valence-corrected chi connectivity index (χ0v) is 18.7. The van der Waals surface area contributed by atoms with Crippen LogP contribution in [0.1, 0.15) is 27.3 Å². The van der Waals surface area contributed by atoms with Gasteiger partial charge in [0.05, 0.1) is 6.20 Å². The first kappa shape index (κ1) is 20.4. The molecule has 7 nitrogen and oxygen atoms in total. The number of piperazine rings is 1. The number of aryl methyl sites for hydroxylation is 2. The number of carbonyl (C=O) groups is 2. The molecule has 1 aliphatic heterocycles. The molecular formula is C24H23N5O2S. The molecule has 1 fully saturated rings. The van der Waals surface area contributed by atoms with Crippen LogP contribution in [0.15, 0.2) is 54.0 Å². The molecular weight excluding hydrogens is 422 g/mol. The molecule has 3 aromatic heterocycles. The van der Waals surface area contributed by atoms with E-state index in [1.807, 2.05) is 38.1 Å². The van der Waals surface area contributed by atoms with Crippen molar-refractivity contribution < 1.29 is 9.59 Å². The van der Waals surface area contributed by atoms with Gasteiger partial charge >= 0.3 is 0 Å². The lowest BCUT2D eigenvalue weighted by Crippen LogP contribution is -2.58. The van der Waals surface area contributed by atoms with E-state index in [2.05, 4.69) is 39.0 Å². The van der Waals surface area contributed by atoms with Crippen molar-refractivity contribution in [3.63, 3.8) is 0 Å². The van der Waals surface area contributed by atoms with Gasteiger partial charge in [-0.15, -0.1) is 11.3 Å². The van der Waals surface area contributed by atoms with Gasteiger partial charge in [0.15, 0.2) is 5.65 Å². The van der Waals surface area contributed by atoms with Crippen LogP contribution in [0.3, 0.4) is 0 Å². The fourth-order valence-electron chi connectivity index (χ4n) is 4.21. The van der Waals surface area contributed by atoms with Gasteiger partial charge in [0, 0.05) is 35.8 Å². The highest BCUT2D eigenvalue weighted by Gasteiger charge is 2.35. The minimum atomic E-state index is -0.579. The Morgan fingerprint density at radius 1 is 1.22 bits per heavy atom. The standard InChI is InChI=1S/C24H23N5O2S/c1-15-12-16(2)29-22(27-15)19(14-26-29)24(31)28-10-9-25-23(30)20(28)13-17-5-7-18(8-6-17)21-4-3-11-32-21/h3-8,11-12,14,20H,9-10,13H2,1-2H3,(H,25,30). The highest BCUT2D eigenvalue weighted by molar-refractivity contribution is 7.13. The molecule has 2 amide bonds. The number of carbonyl (C=O) groups excluding carboxylic acids is 2. The van der Waals surface area contributed by atoms with Crippen LogP contribution in [-0.4, -0.2) is 50.4 Å². The lowest BCUT2D eigenvalue weighted by Gasteiger charge is -2.35. The van der Waals surface area contributed by atoms with Gasteiger partial charge in [0.1, 0.15) is 11.6 Å². The maximum Gasteiger partial charge on any atom is 0.260 e. The van der Waals surface area contributed by atoms with E-state index in [-0.39, 0.29) is 11.8 Å². The Morgan fingerprint density at radius 3 is 2.78 bits per heavy atom. The Hall–Kier alpha value is -3.52. The minimum Gasteiger partial charge on any atom is -0.353 e. The van der Waals surface area contributed by atoms with E-state index in [0.717, 1.165) is 22.5 Å². The predicted molar refractivity (Wildman–Crippen MR) is 124 cm³/mol. The summed E-state index contributed by atoms with van der Waals surface area (Å²) in [6.45, 7) is 4.71. The van der Waals surface area contributed by atoms with E-state index in [1.54, 1.807) is 26.9 Å². The average molecular weight is 446 g/mol. The van der Waals surface area contributed by atoms with Crippen LogP contribution in [0, 0.1) is 13.8 Å². The van der Waals surface area contributed by atoms with Gasteiger partial charge < -0.3 is 10.2 Å². The highest BCUT2D eigenvalue weighted by Crippen LogP contribution is 2.26. The Kier molecular flexibility index (Phi) is 5.22. The van der Waals surface area contributed by atoms with E-state index in [0.29, 0.717) is 30.7 Å². The Bertz CT molecular complexity index is 1290. The Morgan fingerprint density at radius 2 is 2.03 bits per heavy atom. The van der Waals surface area contributed by atoms with Crippen molar-refractivity contribution in [1.29, 1.82) is 0 Å². The molecule has 1 N–H and O–H groups in total. The summed E-state index contributed by atoms with van der Waals surface area (Å²) in [4.78, 5) is 33.7. The SMILES string of the molecule is Cc1cc(C)n2ncc(C(=O)N3CCNC(=O)C3Cc3ccc(-c4cccs4)cc3)c2n1. The third-order valence-electron chi connectivity index (χ3n) is 5.79. The van der Waals surface area contributed by atoms with Crippen LogP contribution in [0.4, 0.5) is 0 Å². The number of hydrogen-bond acceptors (Lipinski definition) is 5. The van der Waals surface area contributed by atoms with Gasteiger partial charge in [-0.05, 0) is 42.5 Å². The molecule has 0 radical (unpaired) electrons. The zero-order chi connectivity index (χ0) is 22.2. The molecule has 8 heteroatoms. The largest absolute Gasteiger partial charge is 0.353 e. The van der Waals surface area contributed by atoms with Crippen LogP contribution < -0.4 is 5.32 Å². The molecule has 5 rings (SSSR count). The van der Waals surface area contributed by atoms with Crippen LogP contribution in [0.2, 0.25) is 0 Å². The minimum absolute atomic E-state index is 0.135. The van der Waals surface area contributed by atoms with E-state index >= 15 is 0 Å². The van der Waals surface area contributed by atoms with Gasteiger partial charge in [-0.2, -0.15) is 5.10 Å². The van der Waals surface area contributed by atoms with Crippen molar-refractivity contribution in [2.45, 2.75) is 26.3 Å². The molecule has 1 atom stereocenters. The topological polar surface area (TPSA) is 79.6 Å². The number of aromatic nitrogens is 3. The molecule has 4 heterocycles. The van der Waals surface area contributed by atoms with E-state index in [4.69, 9.17) is 0 Å². The fraction of sp³-hybridized carbons (Fsp3) is 0.250. The third-order valence-corrected chi connectivity index (χ3v) is 6.71. The van der Waals surface area contributed by atoms with Crippen molar-refractivity contribution >= 4 is 28.8 Å². The number of thiophene rings is 1. The second kappa shape index (κ2) is 8.20. The zero-order valence-electron chi connectivity index (χ0n) is 17.9. The van der Waals surface area contributed by atoms with Crippen LogP contribution in [-0.2, 0) is 11.2 Å². The quantitative estimate of drug-likeness (QED) is 0.523. The molecule has 0 bridgehead atoms. The van der Waals surface area contributed by atoms with E-state index in [1.165, 1.54) is 4.88 Å². The van der Waals surface area contributed by atoms with Gasteiger partial charge in [0.2, 0.25) is 5.91 Å². The van der Waals surface area contributed by atoms with Crippen molar-refractivity contribution in [2.24, 2.45) is 0 Å². The molecule has 1 aliphatic rings. The average Bonchev–Trinajstić information content (AvgIpc) is 3.45. The van der Waals surface area contributed by atoms with E-state index < -0.39 is 6.04 Å². The summed E-state index contributed by atoms with van der Waals surface area (Å²) < 4.78 is 1.67. The van der Waals surface area contributed by atoms with Crippen molar-refractivity contribution in [1.82, 2.24) is 24.8 Å². The number of nitrogens with zero attached hydrogens (tertiary/aromatic N) is 4. The summed E-state index contributed by atoms with van der Waals surface area (Å²) in [5.41, 5.74) is 4.83. The first-order valence-corrected chi connectivity index (χ1v) is 11.4. The normalized spacial score (nSPS) is 16.4. The van der Waals surface area contributed by atoms with Crippen molar-refractivity contribution in [3.8, 4) is 10.4 Å². The first-order chi connectivity index (χ1) is 15.5. The van der Waals surface area contributed by atoms with Gasteiger partial charge in [0.25, 0.3) is 5.91 Å². The number of benzene rings is 1. The van der Waals surface area contributed by atoms with Crippen LogP contribution >= 0.6 is 11.3 Å². The molecule has 4 aromatic rings. The summed E-state index contributed by atoms with van der Waals surface area (Å²) >= 11 is 1.69. The third kappa shape index (κ3) is 3.67. The predicted octanol–water partition coefficient (Wildman–Crippen LogP) is 3.26. The molecule has 0 spiro atoms. The molecule has 162 valence electrons. The van der Waals surface area contributed by atoms with Crippen LogP contribution in [0.5, 0.6) is 0 Å². The number of nitrogens with one attached hydrogen (secondary N) is 1. The number of amides is 2. The highest BCUT2D eigenvalue weighted by atomic mass is 32.1. The smallest absolute Gasteiger partial charge is 0.260 e. The molecule has 1 aromatic carbocycles. The summed E-state index contributed by atoms with van der Waals surface area (Å²) in [6, 6.07) is 13.6. The fourth-order valence-corrected chi connectivity index (χ4v) is 4.94. The first-order valence-electron chi connectivity index (χ1n) is 10.5. The summed E-state index contributed by atoms with van der Waals surface area (Å²) in [5, 5.41) is 9.30. The number of fused-ring (bicyclic) bond motifs is 1. The number of hydrogen-bond donors (Lipinski definition) is 1. The maximum atomic E-state index is 13.5. The Labute approximate surface area is 189 Å². The lowest BCUT2D eigenvalue weighted by atomic mass is 10.00. The summed E-state index contributed by atoms with van der Waals surface area (Å²) in [6.07, 6.45) is 2.00. The van der Waals surface area contributed by atoms with Gasteiger partial charge in [-0.3, -0.25) is 9.59 Å². The van der Waals surface area contributed by atoms with Crippen LogP contribution in [0.25, 0.3) is 16.1 Å². The van der Waals surface area contributed by atoms with Gasteiger partial charge in [-0.1, -0.05) is 30.3 Å². The molecule has 32 heavy (non-hydrogen) atoms. The molecule has 0 saturated carbocycles. The summed E-state index contributed by atoms with van der Waals surface area (Å²) in [5.74, 6) is -0.351. The van der Waals surface area contributed by atoms with E-state index in [9.17, 15) is 9.59 Å². The lowest BCUT2D eigenvalue weighted by molar-refractivity contribution is -0.127. The number of rotatable bonds is 4. The summed E-state index contributed by atoms with van der Waals surface area (Å²) in [7, 11) is 0.